The maximum absolute atomic E-state index is 14.0. The smallest absolute Gasteiger partial charge is 0.164 e. The van der Waals surface area contributed by atoms with Crippen molar-refractivity contribution in [2.45, 2.75) is 26.3 Å². The largest absolute Gasteiger partial charge is 0.304 e. The van der Waals surface area contributed by atoms with Gasteiger partial charge in [0.1, 0.15) is 5.82 Å². The van der Waals surface area contributed by atoms with Gasteiger partial charge in [-0.3, -0.25) is 0 Å². The van der Waals surface area contributed by atoms with Crippen LogP contribution in [0.15, 0.2) is 30.6 Å². The number of hydrogen-bond donors (Lipinski definition) is 1. The van der Waals surface area contributed by atoms with Gasteiger partial charge in [-0.2, -0.15) is 0 Å². The first-order valence-electron chi connectivity index (χ1n) is 6.59. The Balaban J connectivity index is 2.41. The molecule has 1 atom stereocenters. The second-order valence-electron chi connectivity index (χ2n) is 4.65. The first-order chi connectivity index (χ1) is 9.63. The lowest BCUT2D eigenvalue weighted by Crippen LogP contribution is -2.26. The quantitative estimate of drug-likeness (QED) is 0.912. The van der Waals surface area contributed by atoms with Gasteiger partial charge in [0.25, 0.3) is 0 Å². The molecule has 1 unspecified atom stereocenters. The third-order valence-corrected chi connectivity index (χ3v) is 2.95. The Bertz CT molecular complexity index is 570. The van der Waals surface area contributed by atoms with Crippen molar-refractivity contribution in [3.05, 3.63) is 59.2 Å². The zero-order valence-corrected chi connectivity index (χ0v) is 11.5. The van der Waals surface area contributed by atoms with E-state index in [4.69, 9.17) is 0 Å². The van der Waals surface area contributed by atoms with E-state index in [0.29, 0.717) is 12.4 Å². The van der Waals surface area contributed by atoms with E-state index < -0.39 is 17.7 Å². The summed E-state index contributed by atoms with van der Waals surface area (Å²) in [6.07, 6.45) is 4.21. The predicted molar refractivity (Wildman–Crippen MR) is 73.3 cm³/mol. The summed E-state index contributed by atoms with van der Waals surface area (Å²) in [5.74, 6) is -1.28. The summed E-state index contributed by atoms with van der Waals surface area (Å²) in [4.78, 5) is 8.43. The molecule has 0 bridgehead atoms. The Hall–Kier alpha value is -1.88. The number of hydrogen-bond acceptors (Lipinski definition) is 3. The van der Waals surface area contributed by atoms with Crippen LogP contribution in [0, 0.1) is 18.6 Å². The van der Waals surface area contributed by atoms with E-state index in [1.54, 1.807) is 18.5 Å². The summed E-state index contributed by atoms with van der Waals surface area (Å²) < 4.78 is 27.4. The molecule has 1 aromatic carbocycles. The zero-order valence-electron chi connectivity index (χ0n) is 11.5. The number of aryl methyl sites for hydroxylation is 1. The molecule has 1 aromatic heterocycles. The molecule has 5 heteroatoms. The fourth-order valence-corrected chi connectivity index (χ4v) is 1.92. The highest BCUT2D eigenvalue weighted by Crippen LogP contribution is 2.23. The monoisotopic (exact) mass is 277 g/mol. The Morgan fingerprint density at radius 3 is 2.55 bits per heavy atom. The highest BCUT2D eigenvalue weighted by atomic mass is 19.2. The van der Waals surface area contributed by atoms with Crippen LogP contribution in [0.25, 0.3) is 0 Å². The molecule has 0 amide bonds. The Labute approximate surface area is 117 Å². The molecule has 3 nitrogen and oxygen atoms in total. The van der Waals surface area contributed by atoms with E-state index in [0.717, 1.165) is 18.1 Å². The Kier molecular flexibility index (Phi) is 4.74. The molecule has 0 radical (unpaired) electrons. The third kappa shape index (κ3) is 3.17. The molecule has 2 aromatic rings. The molecule has 0 aliphatic carbocycles. The van der Waals surface area contributed by atoms with E-state index in [2.05, 4.69) is 15.3 Å². The van der Waals surface area contributed by atoms with Crippen LogP contribution in [0.4, 0.5) is 8.78 Å². The number of nitrogens with one attached hydrogen (secondary N) is 1. The fourth-order valence-electron chi connectivity index (χ4n) is 1.92. The lowest BCUT2D eigenvalue weighted by Gasteiger charge is -2.18. The Morgan fingerprint density at radius 1 is 1.20 bits per heavy atom. The highest BCUT2D eigenvalue weighted by molar-refractivity contribution is 5.27. The van der Waals surface area contributed by atoms with Gasteiger partial charge in [-0.25, -0.2) is 18.7 Å². The molecule has 0 saturated heterocycles. The van der Waals surface area contributed by atoms with Crippen LogP contribution in [0.2, 0.25) is 0 Å². The number of nitrogens with zero attached hydrogens (tertiary/aromatic N) is 2. The highest BCUT2D eigenvalue weighted by Gasteiger charge is 2.21. The van der Waals surface area contributed by atoms with E-state index in [1.165, 1.54) is 6.07 Å². The maximum Gasteiger partial charge on any atom is 0.164 e. The average Bonchev–Trinajstić information content (AvgIpc) is 2.45. The van der Waals surface area contributed by atoms with Crippen molar-refractivity contribution in [3.63, 3.8) is 0 Å². The fraction of sp³-hybridized carbons (Fsp3) is 0.333. The predicted octanol–water partition coefficient (Wildman–Crippen LogP) is 3.15. The third-order valence-electron chi connectivity index (χ3n) is 2.95. The van der Waals surface area contributed by atoms with Crippen LogP contribution < -0.4 is 5.32 Å². The summed E-state index contributed by atoms with van der Waals surface area (Å²) in [7, 11) is 0. The molecule has 1 heterocycles. The molecular formula is C15H17F2N3. The summed E-state index contributed by atoms with van der Waals surface area (Å²) in [5.41, 5.74) is 1.14. The first-order valence-corrected chi connectivity index (χ1v) is 6.59. The molecule has 1 N–H and O–H groups in total. The summed E-state index contributed by atoms with van der Waals surface area (Å²) in [6.45, 7) is 4.54. The minimum Gasteiger partial charge on any atom is -0.304 e. The number of aromatic nitrogens is 2. The van der Waals surface area contributed by atoms with Crippen LogP contribution in [-0.4, -0.2) is 16.5 Å². The lowest BCUT2D eigenvalue weighted by atomic mass is 10.0. The molecular weight excluding hydrogens is 260 g/mol. The summed E-state index contributed by atoms with van der Waals surface area (Å²) in [6, 6.07) is 3.59. The molecule has 0 aliphatic rings. The van der Waals surface area contributed by atoms with Crippen LogP contribution in [0.1, 0.15) is 36.3 Å². The second kappa shape index (κ2) is 6.52. The molecule has 0 spiro atoms. The minimum atomic E-state index is -0.863. The first kappa shape index (κ1) is 14.5. The molecule has 0 saturated carbocycles. The summed E-state index contributed by atoms with van der Waals surface area (Å²) >= 11 is 0. The number of rotatable bonds is 5. The van der Waals surface area contributed by atoms with Gasteiger partial charge in [0.2, 0.25) is 0 Å². The van der Waals surface area contributed by atoms with Gasteiger partial charge in [-0.1, -0.05) is 19.1 Å². The number of halogens is 2. The SMILES string of the molecule is CCCNC(c1ncc(C)cn1)c1cccc(F)c1F. The van der Waals surface area contributed by atoms with Crippen molar-refractivity contribution in [1.82, 2.24) is 15.3 Å². The van der Waals surface area contributed by atoms with Crippen molar-refractivity contribution in [2.24, 2.45) is 0 Å². The van der Waals surface area contributed by atoms with Crippen LogP contribution >= 0.6 is 0 Å². The standard InChI is InChI=1S/C15H17F2N3/c1-3-7-18-14(15-19-8-10(2)9-20-15)11-5-4-6-12(16)13(11)17/h4-6,8-9,14,18H,3,7H2,1-2H3. The molecule has 2 rings (SSSR count). The van der Waals surface area contributed by atoms with Crippen molar-refractivity contribution in [1.29, 1.82) is 0 Å². The van der Waals surface area contributed by atoms with Gasteiger partial charge >= 0.3 is 0 Å². The average molecular weight is 277 g/mol. The van der Waals surface area contributed by atoms with Crippen LogP contribution in [0.3, 0.4) is 0 Å². The van der Waals surface area contributed by atoms with Gasteiger partial charge in [0.15, 0.2) is 11.6 Å². The molecule has 106 valence electrons. The molecule has 0 fully saturated rings. The van der Waals surface area contributed by atoms with E-state index in [9.17, 15) is 8.78 Å². The van der Waals surface area contributed by atoms with Crippen molar-refractivity contribution >= 4 is 0 Å². The van der Waals surface area contributed by atoms with E-state index >= 15 is 0 Å². The van der Waals surface area contributed by atoms with Gasteiger partial charge in [-0.05, 0) is 31.5 Å². The number of benzene rings is 1. The minimum absolute atomic E-state index is 0.224. The van der Waals surface area contributed by atoms with Crippen LogP contribution in [-0.2, 0) is 0 Å². The van der Waals surface area contributed by atoms with E-state index in [1.807, 2.05) is 13.8 Å². The normalized spacial score (nSPS) is 12.4. The van der Waals surface area contributed by atoms with Crippen LogP contribution in [0.5, 0.6) is 0 Å². The molecule has 20 heavy (non-hydrogen) atoms. The Morgan fingerprint density at radius 2 is 1.90 bits per heavy atom. The van der Waals surface area contributed by atoms with Gasteiger partial charge in [0.05, 0.1) is 6.04 Å². The topological polar surface area (TPSA) is 37.8 Å². The summed E-state index contributed by atoms with van der Waals surface area (Å²) in [5, 5.41) is 3.16. The van der Waals surface area contributed by atoms with Gasteiger partial charge < -0.3 is 5.32 Å². The zero-order chi connectivity index (χ0) is 14.5. The maximum atomic E-state index is 14.0. The van der Waals surface area contributed by atoms with Crippen molar-refractivity contribution in [3.8, 4) is 0 Å². The van der Waals surface area contributed by atoms with Crippen molar-refractivity contribution < 1.29 is 8.78 Å². The van der Waals surface area contributed by atoms with E-state index in [-0.39, 0.29) is 5.56 Å². The van der Waals surface area contributed by atoms with Gasteiger partial charge in [-0.15, -0.1) is 0 Å². The van der Waals surface area contributed by atoms with Crippen molar-refractivity contribution in [2.75, 3.05) is 6.54 Å². The lowest BCUT2D eigenvalue weighted by molar-refractivity contribution is 0.474. The molecule has 0 aliphatic heterocycles. The second-order valence-corrected chi connectivity index (χ2v) is 4.65. The van der Waals surface area contributed by atoms with Gasteiger partial charge in [0, 0.05) is 18.0 Å².